The predicted octanol–water partition coefficient (Wildman–Crippen LogP) is 3.62. The molecule has 9 nitrogen and oxygen atoms in total. The number of tetrazole rings is 1. The summed E-state index contributed by atoms with van der Waals surface area (Å²) in [6, 6.07) is 13.2. The van der Waals surface area contributed by atoms with E-state index in [9.17, 15) is 9.59 Å². The van der Waals surface area contributed by atoms with E-state index in [1.165, 1.54) is 11.1 Å². The molecule has 1 aliphatic heterocycles. The van der Waals surface area contributed by atoms with Gasteiger partial charge in [-0.1, -0.05) is 49.6 Å². The number of rotatable bonds is 6. The first-order valence-corrected chi connectivity index (χ1v) is 12.4. The van der Waals surface area contributed by atoms with Crippen molar-refractivity contribution in [1.82, 2.24) is 30.4 Å². The Hall–Kier alpha value is -3.75. The van der Waals surface area contributed by atoms with E-state index in [1.807, 2.05) is 30.3 Å². The monoisotopic (exact) mass is 474 g/mol. The summed E-state index contributed by atoms with van der Waals surface area (Å²) in [6.07, 6.45) is 10.1. The highest BCUT2D eigenvalue weighted by molar-refractivity contribution is 6.18. The number of nitrogens with zero attached hydrogens (tertiary/aromatic N) is 5. The van der Waals surface area contributed by atoms with Crippen LogP contribution in [0.25, 0.3) is 23.2 Å². The van der Waals surface area contributed by atoms with E-state index < -0.39 is 0 Å². The van der Waals surface area contributed by atoms with E-state index in [4.69, 9.17) is 4.42 Å². The number of hydrogen-bond acceptors (Lipinski definition) is 6. The molecule has 0 unspecified atom stereocenters. The van der Waals surface area contributed by atoms with Gasteiger partial charge in [0.25, 0.3) is 5.91 Å². The molecular formula is C26H30N6O3. The van der Waals surface area contributed by atoms with Crippen LogP contribution in [0, 0.1) is 5.92 Å². The van der Waals surface area contributed by atoms with Crippen molar-refractivity contribution in [3.63, 3.8) is 0 Å². The van der Waals surface area contributed by atoms with Gasteiger partial charge in [-0.25, -0.2) is 0 Å². The molecule has 182 valence electrons. The third-order valence-corrected chi connectivity index (χ3v) is 6.88. The van der Waals surface area contributed by atoms with Crippen molar-refractivity contribution >= 4 is 23.6 Å². The van der Waals surface area contributed by atoms with Gasteiger partial charge in [0.05, 0.1) is 6.26 Å². The summed E-state index contributed by atoms with van der Waals surface area (Å²) in [6.45, 7) is 1.10. The van der Waals surface area contributed by atoms with Crippen molar-refractivity contribution in [2.75, 3.05) is 13.1 Å². The van der Waals surface area contributed by atoms with Gasteiger partial charge < -0.3 is 14.6 Å². The van der Waals surface area contributed by atoms with Gasteiger partial charge in [0.2, 0.25) is 5.91 Å². The highest BCUT2D eigenvalue weighted by atomic mass is 16.3. The quantitative estimate of drug-likeness (QED) is 0.547. The first-order valence-electron chi connectivity index (χ1n) is 12.4. The molecule has 0 atom stereocenters. The van der Waals surface area contributed by atoms with Gasteiger partial charge in [-0.3, -0.25) is 9.59 Å². The van der Waals surface area contributed by atoms with Crippen LogP contribution in [0.5, 0.6) is 0 Å². The van der Waals surface area contributed by atoms with E-state index >= 15 is 0 Å². The zero-order chi connectivity index (χ0) is 24.0. The molecule has 1 saturated heterocycles. The molecule has 2 aliphatic rings. The maximum Gasteiger partial charge on any atom is 0.272 e. The zero-order valence-electron chi connectivity index (χ0n) is 19.7. The maximum absolute atomic E-state index is 13.7. The van der Waals surface area contributed by atoms with Gasteiger partial charge >= 0.3 is 0 Å². The fourth-order valence-corrected chi connectivity index (χ4v) is 4.91. The molecule has 9 heteroatoms. The maximum atomic E-state index is 13.7. The van der Waals surface area contributed by atoms with Crippen molar-refractivity contribution < 1.29 is 14.0 Å². The normalized spacial score (nSPS) is 17.9. The molecule has 0 spiro atoms. The minimum atomic E-state index is -0.178. The summed E-state index contributed by atoms with van der Waals surface area (Å²) in [5.74, 6) is 1.16. The molecule has 3 heterocycles. The van der Waals surface area contributed by atoms with Crippen LogP contribution >= 0.6 is 0 Å². The van der Waals surface area contributed by atoms with Crippen molar-refractivity contribution in [1.29, 1.82) is 0 Å². The molecule has 2 aromatic heterocycles. The van der Waals surface area contributed by atoms with Gasteiger partial charge in [-0.2, -0.15) is 4.68 Å². The lowest BCUT2D eigenvalue weighted by atomic mass is 9.88. The second kappa shape index (κ2) is 10.7. The summed E-state index contributed by atoms with van der Waals surface area (Å²) >= 11 is 0. The van der Waals surface area contributed by atoms with E-state index in [2.05, 4.69) is 20.8 Å². The van der Waals surface area contributed by atoms with Crippen molar-refractivity contribution in [2.24, 2.45) is 5.92 Å². The second-order valence-corrected chi connectivity index (χ2v) is 9.24. The molecule has 1 aromatic carbocycles. The Morgan fingerprint density at radius 2 is 1.74 bits per heavy atom. The number of likely N-dealkylation sites (tertiary alicyclic amines) is 1. The Kier molecular flexibility index (Phi) is 7.02. The van der Waals surface area contributed by atoms with E-state index in [0.717, 1.165) is 44.1 Å². The highest BCUT2D eigenvalue weighted by Crippen LogP contribution is 2.26. The Bertz CT molecular complexity index is 1160. The number of carbonyl (C=O) groups is 2. The van der Waals surface area contributed by atoms with Gasteiger partial charge in [0, 0.05) is 36.7 Å². The fourth-order valence-electron chi connectivity index (χ4n) is 4.91. The molecule has 3 aromatic rings. The third-order valence-electron chi connectivity index (χ3n) is 6.88. The fraction of sp³-hybridized carbons (Fsp3) is 0.423. The Labute approximate surface area is 204 Å². The number of benzene rings is 1. The number of furan rings is 1. The minimum Gasteiger partial charge on any atom is -0.465 e. The van der Waals surface area contributed by atoms with Crippen LogP contribution in [0.3, 0.4) is 0 Å². The lowest BCUT2D eigenvalue weighted by molar-refractivity contribution is -0.128. The third kappa shape index (κ3) is 5.34. The smallest absolute Gasteiger partial charge is 0.272 e. The summed E-state index contributed by atoms with van der Waals surface area (Å²) in [7, 11) is 0. The summed E-state index contributed by atoms with van der Waals surface area (Å²) in [5, 5.41) is 15.4. The van der Waals surface area contributed by atoms with Gasteiger partial charge in [0.1, 0.15) is 11.5 Å². The van der Waals surface area contributed by atoms with Gasteiger partial charge in [0.15, 0.2) is 5.82 Å². The highest BCUT2D eigenvalue weighted by Gasteiger charge is 2.30. The second-order valence-electron chi connectivity index (χ2n) is 9.24. The summed E-state index contributed by atoms with van der Waals surface area (Å²) in [4.78, 5) is 28.2. The van der Waals surface area contributed by atoms with Crippen molar-refractivity contribution in [2.45, 2.75) is 51.0 Å². The Morgan fingerprint density at radius 3 is 2.46 bits per heavy atom. The summed E-state index contributed by atoms with van der Waals surface area (Å²) in [5.41, 5.74) is 1.12. The molecule has 2 amide bonds. The number of amides is 2. The van der Waals surface area contributed by atoms with Crippen LogP contribution in [0.4, 0.5) is 0 Å². The minimum absolute atomic E-state index is 0.0962. The summed E-state index contributed by atoms with van der Waals surface area (Å²) < 4.78 is 6.96. The van der Waals surface area contributed by atoms with Crippen LogP contribution in [-0.2, 0) is 9.59 Å². The van der Waals surface area contributed by atoms with Gasteiger partial charge in [-0.15, -0.1) is 5.10 Å². The Balaban J connectivity index is 1.31. The molecule has 0 bridgehead atoms. The average molecular weight is 475 g/mol. The van der Waals surface area contributed by atoms with Gasteiger partial charge in [-0.05, 0) is 48.2 Å². The lowest BCUT2D eigenvalue weighted by Gasteiger charge is -2.34. The predicted molar refractivity (Wildman–Crippen MR) is 130 cm³/mol. The number of carbonyl (C=O) groups excluding carboxylic acids is 2. The molecule has 5 rings (SSSR count). The number of piperidine rings is 1. The topological polar surface area (TPSA) is 106 Å². The van der Waals surface area contributed by atoms with Crippen LogP contribution in [0.15, 0.2) is 53.1 Å². The molecule has 0 radical (unpaired) electrons. The number of nitrogens with one attached hydrogen (secondary N) is 1. The van der Waals surface area contributed by atoms with Crippen LogP contribution in [-0.4, -0.2) is 56.1 Å². The molecule has 2 fully saturated rings. The average Bonchev–Trinajstić information content (AvgIpc) is 3.61. The van der Waals surface area contributed by atoms with E-state index in [0.29, 0.717) is 30.4 Å². The van der Waals surface area contributed by atoms with Crippen LogP contribution in [0.2, 0.25) is 0 Å². The first kappa shape index (κ1) is 23.0. The zero-order valence-corrected chi connectivity index (χ0v) is 19.7. The van der Waals surface area contributed by atoms with Crippen molar-refractivity contribution in [3.05, 3.63) is 54.5 Å². The first-order chi connectivity index (χ1) is 17.2. The molecule has 1 aliphatic carbocycles. The SMILES string of the molecule is O=C(NC1CCN(C(=O)/C(=C/c2ccco2)n2nnnc2-c2ccccc2)CC1)C1CCCCC1. The number of aromatic nitrogens is 4. The lowest BCUT2D eigenvalue weighted by Crippen LogP contribution is -2.48. The molecule has 35 heavy (non-hydrogen) atoms. The largest absolute Gasteiger partial charge is 0.465 e. The Morgan fingerprint density at radius 1 is 0.971 bits per heavy atom. The van der Waals surface area contributed by atoms with Crippen LogP contribution in [0.1, 0.15) is 50.7 Å². The van der Waals surface area contributed by atoms with Crippen molar-refractivity contribution in [3.8, 4) is 11.4 Å². The number of hydrogen-bond donors (Lipinski definition) is 1. The van der Waals surface area contributed by atoms with E-state index in [1.54, 1.807) is 29.4 Å². The van der Waals surface area contributed by atoms with Crippen LogP contribution < -0.4 is 5.32 Å². The molecule has 1 saturated carbocycles. The van der Waals surface area contributed by atoms with E-state index in [-0.39, 0.29) is 23.8 Å². The molecular weight excluding hydrogens is 444 g/mol. The standard InChI is InChI=1S/C26H30N6O3/c33-25(20-10-5-2-6-11-20)27-21-13-15-31(16-14-21)26(34)23(18-22-12-7-17-35-22)32-24(28-29-30-32)19-8-3-1-4-9-19/h1,3-4,7-9,12,17-18,20-21H,2,5-6,10-11,13-16H2,(H,27,33)/b23-18-. The molecule has 1 N–H and O–H groups in total.